The van der Waals surface area contributed by atoms with Gasteiger partial charge in [0.05, 0.1) is 12.8 Å². The third-order valence-corrected chi connectivity index (χ3v) is 2.79. The van der Waals surface area contributed by atoms with Crippen molar-refractivity contribution in [2.75, 3.05) is 0 Å². The Morgan fingerprint density at radius 3 is 1.15 bits per heavy atom. The first-order chi connectivity index (χ1) is 8.78. The molecular weight excluding hydrogens is 263 g/mol. The first-order valence-corrected chi connectivity index (χ1v) is 6.17. The van der Waals surface area contributed by atoms with Gasteiger partial charge < -0.3 is 20.4 Å². The van der Waals surface area contributed by atoms with Gasteiger partial charge in [-0.1, -0.05) is 38.5 Å². The normalized spacial score (nSPS) is 14.2. The summed E-state index contributed by atoms with van der Waals surface area (Å²) in [6, 6.07) is 0. The standard InChI is InChI=1S/C6H8O7.C6H12.Li.H/c7-3(8)1-6(13,5(11)12)2-4(9)10;1-2-4-6-5-3-1;;/h13H,1-2H2,(H,7,8)(H,9,10)(H,11,12);1-6H2;;. The van der Waals surface area contributed by atoms with Crippen LogP contribution in [-0.4, -0.2) is 62.8 Å². The molecule has 0 spiro atoms. The molecule has 0 aliphatic heterocycles. The van der Waals surface area contributed by atoms with Gasteiger partial charge in [0.15, 0.2) is 5.60 Å². The molecule has 0 aromatic heterocycles. The van der Waals surface area contributed by atoms with Gasteiger partial charge in [-0.2, -0.15) is 0 Å². The minimum atomic E-state index is -2.74. The summed E-state index contributed by atoms with van der Waals surface area (Å²) in [5.41, 5.74) is -2.74. The molecule has 112 valence electrons. The predicted molar refractivity (Wildman–Crippen MR) is 71.9 cm³/mol. The van der Waals surface area contributed by atoms with Crippen molar-refractivity contribution in [3.05, 3.63) is 0 Å². The Kier molecular flexibility index (Phi) is 11.4. The van der Waals surface area contributed by atoms with Crippen LogP contribution < -0.4 is 0 Å². The number of hydrogen-bond donors (Lipinski definition) is 4. The second kappa shape index (κ2) is 10.7. The third kappa shape index (κ3) is 9.84. The Bertz CT molecular complexity index is 298. The van der Waals surface area contributed by atoms with Crippen LogP contribution in [0.15, 0.2) is 0 Å². The molecule has 4 N–H and O–H groups in total. The first-order valence-electron chi connectivity index (χ1n) is 6.17. The molecule has 0 heterocycles. The van der Waals surface area contributed by atoms with Crippen molar-refractivity contribution in [2.24, 2.45) is 0 Å². The Morgan fingerprint density at radius 2 is 1.00 bits per heavy atom. The van der Waals surface area contributed by atoms with Crippen LogP contribution in [0.1, 0.15) is 51.4 Å². The van der Waals surface area contributed by atoms with Crippen LogP contribution >= 0.6 is 0 Å². The predicted octanol–water partition coefficient (Wildman–Crippen LogP) is 0.444. The average Bonchev–Trinajstić information content (AvgIpc) is 2.29. The number of aliphatic hydroxyl groups is 1. The van der Waals surface area contributed by atoms with Crippen LogP contribution in [-0.2, 0) is 14.4 Å². The second-order valence-corrected chi connectivity index (χ2v) is 4.60. The van der Waals surface area contributed by atoms with Crippen molar-refractivity contribution in [3.63, 3.8) is 0 Å². The van der Waals surface area contributed by atoms with E-state index in [4.69, 9.17) is 20.4 Å². The number of carboxylic acid groups (broad SMARTS) is 3. The molecule has 7 nitrogen and oxygen atoms in total. The molecule has 0 amide bonds. The molecule has 8 heteroatoms. The fraction of sp³-hybridized carbons (Fsp3) is 0.750. The molecule has 0 aromatic rings. The molecule has 0 saturated heterocycles. The number of rotatable bonds is 5. The second-order valence-electron chi connectivity index (χ2n) is 4.60. The monoisotopic (exact) mass is 284 g/mol. The molecule has 0 bridgehead atoms. The Balaban J connectivity index is 0. The number of carbonyl (C=O) groups is 3. The summed E-state index contributed by atoms with van der Waals surface area (Å²) in [5, 5.41) is 33.8. The van der Waals surface area contributed by atoms with Gasteiger partial charge in [-0.05, 0) is 0 Å². The van der Waals surface area contributed by atoms with Gasteiger partial charge in [-0.15, -0.1) is 0 Å². The third-order valence-electron chi connectivity index (χ3n) is 2.79. The zero-order valence-electron chi connectivity index (χ0n) is 10.7. The van der Waals surface area contributed by atoms with Crippen molar-refractivity contribution in [1.82, 2.24) is 0 Å². The van der Waals surface area contributed by atoms with Crippen molar-refractivity contribution in [1.29, 1.82) is 0 Å². The maximum atomic E-state index is 10.3. The van der Waals surface area contributed by atoms with Crippen molar-refractivity contribution in [2.45, 2.75) is 57.0 Å². The summed E-state index contributed by atoms with van der Waals surface area (Å²) >= 11 is 0. The Morgan fingerprint density at radius 1 is 0.750 bits per heavy atom. The SMILES string of the molecule is C1CCCCC1.O=C(O)CC(O)(CC(=O)O)C(=O)O.[LiH]. The Hall–Kier alpha value is -1.03. The van der Waals surface area contributed by atoms with Gasteiger partial charge in [0, 0.05) is 0 Å². The van der Waals surface area contributed by atoms with Crippen molar-refractivity contribution < 1.29 is 34.8 Å². The first kappa shape index (κ1) is 21.3. The molecule has 1 aliphatic carbocycles. The van der Waals surface area contributed by atoms with E-state index in [0.29, 0.717) is 0 Å². The van der Waals surface area contributed by atoms with Gasteiger partial charge in [0.25, 0.3) is 0 Å². The number of carboxylic acids is 3. The topological polar surface area (TPSA) is 132 Å². The molecular formula is C12H21LiO7. The summed E-state index contributed by atoms with van der Waals surface area (Å²) in [5.74, 6) is -5.02. The van der Waals surface area contributed by atoms with E-state index in [2.05, 4.69) is 0 Å². The van der Waals surface area contributed by atoms with E-state index < -0.39 is 36.4 Å². The average molecular weight is 284 g/mol. The van der Waals surface area contributed by atoms with Crippen LogP contribution in [0.4, 0.5) is 0 Å². The van der Waals surface area contributed by atoms with Gasteiger partial charge in [0.1, 0.15) is 0 Å². The van der Waals surface area contributed by atoms with E-state index in [9.17, 15) is 14.4 Å². The van der Waals surface area contributed by atoms with E-state index in [1.807, 2.05) is 0 Å². The van der Waals surface area contributed by atoms with Crippen LogP contribution in [0.3, 0.4) is 0 Å². The fourth-order valence-electron chi connectivity index (χ4n) is 1.77. The summed E-state index contributed by atoms with van der Waals surface area (Å²) < 4.78 is 0. The maximum absolute atomic E-state index is 10.3. The molecule has 1 rings (SSSR count). The van der Waals surface area contributed by atoms with Gasteiger partial charge in [-0.25, -0.2) is 4.79 Å². The van der Waals surface area contributed by atoms with Crippen LogP contribution in [0.25, 0.3) is 0 Å². The molecule has 1 saturated carbocycles. The van der Waals surface area contributed by atoms with Gasteiger partial charge >= 0.3 is 36.8 Å². The number of aliphatic carboxylic acids is 3. The van der Waals surface area contributed by atoms with Crippen LogP contribution in [0.5, 0.6) is 0 Å². The molecule has 20 heavy (non-hydrogen) atoms. The molecule has 0 aromatic carbocycles. The van der Waals surface area contributed by atoms with E-state index in [1.54, 1.807) is 0 Å². The van der Waals surface area contributed by atoms with E-state index >= 15 is 0 Å². The van der Waals surface area contributed by atoms with Crippen molar-refractivity contribution >= 4 is 36.8 Å². The fourth-order valence-corrected chi connectivity index (χ4v) is 1.77. The Labute approximate surface area is 129 Å². The summed E-state index contributed by atoms with van der Waals surface area (Å²) in [4.78, 5) is 30.5. The molecule has 0 unspecified atom stereocenters. The number of hydrogen-bond acceptors (Lipinski definition) is 4. The van der Waals surface area contributed by atoms with Gasteiger partial charge in [0.2, 0.25) is 0 Å². The van der Waals surface area contributed by atoms with Crippen molar-refractivity contribution in [3.8, 4) is 0 Å². The van der Waals surface area contributed by atoms with Crippen LogP contribution in [0.2, 0.25) is 0 Å². The molecule has 1 fully saturated rings. The molecule has 1 aliphatic rings. The zero-order valence-corrected chi connectivity index (χ0v) is 10.7. The summed E-state index contributed by atoms with van der Waals surface area (Å²) in [6.07, 6.45) is 6.71. The van der Waals surface area contributed by atoms with E-state index in [-0.39, 0.29) is 18.9 Å². The summed E-state index contributed by atoms with van der Waals surface area (Å²) in [7, 11) is 0. The van der Waals surface area contributed by atoms with Crippen LogP contribution in [0, 0.1) is 0 Å². The minimum absolute atomic E-state index is 0. The quantitative estimate of drug-likeness (QED) is 0.538. The van der Waals surface area contributed by atoms with Gasteiger partial charge in [-0.3, -0.25) is 9.59 Å². The molecule has 0 radical (unpaired) electrons. The zero-order chi connectivity index (χ0) is 14.9. The van der Waals surface area contributed by atoms with E-state index in [1.165, 1.54) is 38.5 Å². The molecule has 0 atom stereocenters. The van der Waals surface area contributed by atoms with E-state index in [0.717, 1.165) is 0 Å². The summed E-state index contributed by atoms with van der Waals surface area (Å²) in [6.45, 7) is 0.